The summed E-state index contributed by atoms with van der Waals surface area (Å²) in [5.41, 5.74) is -1.26. The van der Waals surface area contributed by atoms with Crippen molar-refractivity contribution in [3.63, 3.8) is 0 Å². The third-order valence-electron chi connectivity index (χ3n) is 2.47. The van der Waals surface area contributed by atoms with Gasteiger partial charge in [-0.2, -0.15) is 16.8 Å². The molecule has 10 heteroatoms. The predicted octanol–water partition coefficient (Wildman–Crippen LogP) is 0.908. The summed E-state index contributed by atoms with van der Waals surface area (Å²) in [5.74, 6) is 0. The van der Waals surface area contributed by atoms with Crippen molar-refractivity contribution >= 4 is 26.5 Å². The normalized spacial score (nSPS) is 14.2. The maximum absolute atomic E-state index is 11.8. The summed E-state index contributed by atoms with van der Waals surface area (Å²) in [6, 6.07) is 2.39. The average molecular weight is 337 g/mol. The molecule has 0 saturated carbocycles. The van der Waals surface area contributed by atoms with E-state index in [1.807, 2.05) is 0 Å². The van der Waals surface area contributed by atoms with Gasteiger partial charge in [-0.3, -0.25) is 9.11 Å². The zero-order valence-corrected chi connectivity index (χ0v) is 13.1. The Morgan fingerprint density at radius 3 is 2.00 bits per heavy atom. The molecule has 0 atom stereocenters. The van der Waals surface area contributed by atoms with Crippen molar-refractivity contribution in [1.82, 2.24) is 0 Å². The van der Waals surface area contributed by atoms with Crippen LogP contribution in [0.25, 0.3) is 0 Å². The summed E-state index contributed by atoms with van der Waals surface area (Å²) in [6.45, 7) is 4.66. The number of hydroxylamine groups is 1. The van der Waals surface area contributed by atoms with Gasteiger partial charge >= 0.3 is 0 Å². The highest BCUT2D eigenvalue weighted by Gasteiger charge is 2.23. The highest BCUT2D eigenvalue weighted by molar-refractivity contribution is 7.86. The van der Waals surface area contributed by atoms with Crippen LogP contribution in [0.3, 0.4) is 0 Å². The van der Waals surface area contributed by atoms with Crippen molar-refractivity contribution in [2.45, 2.75) is 36.1 Å². The zero-order valence-electron chi connectivity index (χ0n) is 11.5. The van der Waals surface area contributed by atoms with E-state index < -0.39 is 35.6 Å². The van der Waals surface area contributed by atoms with E-state index in [1.165, 1.54) is 0 Å². The maximum atomic E-state index is 11.8. The summed E-state index contributed by atoms with van der Waals surface area (Å²) < 4.78 is 63.1. The number of benzene rings is 1. The number of hydrogen-bond donors (Lipinski definition) is 2. The number of hydrogen-bond acceptors (Lipinski definition) is 5. The Kier molecular flexibility index (Phi) is 4.49. The van der Waals surface area contributed by atoms with Crippen molar-refractivity contribution in [2.24, 2.45) is 0 Å². The van der Waals surface area contributed by atoms with E-state index >= 15 is 0 Å². The van der Waals surface area contributed by atoms with Crippen LogP contribution in [0.5, 0.6) is 0 Å². The van der Waals surface area contributed by atoms with Gasteiger partial charge in [-0.25, -0.2) is 4.74 Å². The molecule has 0 spiro atoms. The topological polar surface area (TPSA) is 135 Å². The third-order valence-corrected chi connectivity index (χ3v) is 4.25. The van der Waals surface area contributed by atoms with E-state index in [2.05, 4.69) is 0 Å². The highest BCUT2D eigenvalue weighted by atomic mass is 32.2. The molecule has 0 unspecified atom stereocenters. The average Bonchev–Trinajstić information content (AvgIpc) is 2.24. The minimum atomic E-state index is -4.66. The fraction of sp³-hybridized carbons (Fsp3) is 0.364. The molecule has 0 bridgehead atoms. The first-order valence-electron chi connectivity index (χ1n) is 5.63. The molecule has 21 heavy (non-hydrogen) atoms. The van der Waals surface area contributed by atoms with Crippen molar-refractivity contribution in [1.29, 1.82) is 0 Å². The predicted molar refractivity (Wildman–Crippen MR) is 74.6 cm³/mol. The first kappa shape index (κ1) is 17.6. The van der Waals surface area contributed by atoms with Gasteiger partial charge in [-0.05, 0) is 18.2 Å². The van der Waals surface area contributed by atoms with Gasteiger partial charge in [0.15, 0.2) is 11.8 Å². The van der Waals surface area contributed by atoms with E-state index in [9.17, 15) is 22.0 Å². The summed E-state index contributed by atoms with van der Waals surface area (Å²) in [7, 11) is -9.24. The summed E-state index contributed by atoms with van der Waals surface area (Å²) >= 11 is 0. The molecule has 8 nitrogen and oxygen atoms in total. The summed E-state index contributed by atoms with van der Waals surface area (Å²) in [6.07, 6.45) is 0.831. The SMILES string of the molecule is CC(C)(C)/[N+]([O-])=C/c1cc(S(=O)(=O)O)ccc1S(=O)(=O)O. The van der Waals surface area contributed by atoms with E-state index in [4.69, 9.17) is 9.11 Å². The van der Waals surface area contributed by atoms with Crippen LogP contribution in [0, 0.1) is 5.21 Å². The maximum Gasteiger partial charge on any atom is 0.295 e. The number of rotatable bonds is 3. The Hall–Kier alpha value is -1.49. The van der Waals surface area contributed by atoms with Crippen molar-refractivity contribution in [2.75, 3.05) is 0 Å². The van der Waals surface area contributed by atoms with Crippen LogP contribution in [0.4, 0.5) is 0 Å². The summed E-state index contributed by atoms with van der Waals surface area (Å²) in [4.78, 5) is -1.23. The van der Waals surface area contributed by atoms with Crippen LogP contribution in [0.15, 0.2) is 28.0 Å². The third kappa shape index (κ3) is 4.49. The molecule has 0 aliphatic carbocycles. The first-order valence-corrected chi connectivity index (χ1v) is 8.51. The molecule has 1 rings (SSSR count). The molecule has 0 aromatic heterocycles. The molecule has 0 saturated heterocycles. The van der Waals surface area contributed by atoms with Crippen LogP contribution >= 0.6 is 0 Å². The molecular weight excluding hydrogens is 322 g/mol. The lowest BCUT2D eigenvalue weighted by Crippen LogP contribution is -2.29. The fourth-order valence-corrected chi connectivity index (χ4v) is 2.51. The van der Waals surface area contributed by atoms with Crippen molar-refractivity contribution < 1.29 is 30.7 Å². The second-order valence-electron chi connectivity index (χ2n) is 5.28. The molecule has 0 fully saturated rings. The summed E-state index contributed by atoms with van der Waals surface area (Å²) in [5, 5.41) is 11.8. The Labute approximate surface area is 122 Å². The molecule has 0 aliphatic rings. The highest BCUT2D eigenvalue weighted by Crippen LogP contribution is 2.19. The second kappa shape index (κ2) is 5.37. The molecule has 1 aromatic rings. The van der Waals surface area contributed by atoms with E-state index in [0.29, 0.717) is 4.74 Å². The van der Waals surface area contributed by atoms with Crippen LogP contribution < -0.4 is 0 Å². The molecule has 118 valence electrons. The Bertz CT molecular complexity index is 786. The van der Waals surface area contributed by atoms with E-state index in [-0.39, 0.29) is 5.56 Å². The van der Waals surface area contributed by atoms with Crippen molar-refractivity contribution in [3.8, 4) is 0 Å². The standard InChI is InChI=1S/C11H15NO7S2/c1-11(2,3)12(13)7-8-6-9(20(14,15)16)4-5-10(8)21(17,18)19/h4-7H,1-3H3,(H,14,15,16)(H,17,18,19)/b12-7-. The van der Waals surface area contributed by atoms with Gasteiger partial charge in [0.2, 0.25) is 0 Å². The Balaban J connectivity index is 3.67. The van der Waals surface area contributed by atoms with Crippen LogP contribution in [-0.2, 0) is 20.2 Å². The monoisotopic (exact) mass is 337 g/mol. The number of nitrogens with zero attached hydrogens (tertiary/aromatic N) is 1. The lowest BCUT2D eigenvalue weighted by molar-refractivity contribution is -0.530. The quantitative estimate of drug-likeness (QED) is 0.275. The zero-order chi connectivity index (χ0) is 16.6. The smallest absolute Gasteiger partial charge is 0.295 e. The van der Waals surface area contributed by atoms with Gasteiger partial charge in [0, 0.05) is 20.8 Å². The molecule has 0 heterocycles. The Morgan fingerprint density at radius 1 is 1.10 bits per heavy atom. The first-order chi connectivity index (χ1) is 9.23. The largest absolute Gasteiger partial charge is 0.623 e. The van der Waals surface area contributed by atoms with Crippen LogP contribution in [0.1, 0.15) is 26.3 Å². The molecule has 0 amide bonds. The van der Waals surface area contributed by atoms with Gasteiger partial charge in [-0.1, -0.05) is 0 Å². The van der Waals surface area contributed by atoms with Gasteiger partial charge in [0.1, 0.15) is 4.90 Å². The minimum absolute atomic E-state index is 0.349. The van der Waals surface area contributed by atoms with Gasteiger partial charge < -0.3 is 5.21 Å². The van der Waals surface area contributed by atoms with Crippen molar-refractivity contribution in [3.05, 3.63) is 29.0 Å². The molecular formula is C11H15NO7S2. The van der Waals surface area contributed by atoms with Crippen LogP contribution in [-0.4, -0.2) is 42.4 Å². The minimum Gasteiger partial charge on any atom is -0.623 e. The van der Waals surface area contributed by atoms with Gasteiger partial charge in [0.25, 0.3) is 20.2 Å². The lowest BCUT2D eigenvalue weighted by Gasteiger charge is -2.19. The fourth-order valence-electron chi connectivity index (χ4n) is 1.34. The lowest BCUT2D eigenvalue weighted by atomic mass is 10.1. The van der Waals surface area contributed by atoms with Crippen LogP contribution in [0.2, 0.25) is 0 Å². The van der Waals surface area contributed by atoms with Gasteiger partial charge in [-0.15, -0.1) is 0 Å². The Morgan fingerprint density at radius 2 is 1.62 bits per heavy atom. The molecule has 1 aromatic carbocycles. The van der Waals surface area contributed by atoms with E-state index in [1.54, 1.807) is 20.8 Å². The molecule has 0 radical (unpaired) electrons. The molecule has 2 N–H and O–H groups in total. The van der Waals surface area contributed by atoms with Gasteiger partial charge in [0.05, 0.1) is 10.5 Å². The molecule has 0 aliphatic heterocycles. The second-order valence-corrected chi connectivity index (χ2v) is 8.09. The van der Waals surface area contributed by atoms with E-state index in [0.717, 1.165) is 24.4 Å².